The lowest BCUT2D eigenvalue weighted by molar-refractivity contribution is -0.118. The summed E-state index contributed by atoms with van der Waals surface area (Å²) in [6, 6.07) is 8.23. The monoisotopic (exact) mass is 484 g/mol. The van der Waals surface area contributed by atoms with Crippen LogP contribution in [0.15, 0.2) is 29.3 Å². The number of hydrogen-bond acceptors (Lipinski definition) is 2. The van der Waals surface area contributed by atoms with Gasteiger partial charge in [0.1, 0.15) is 0 Å². The van der Waals surface area contributed by atoms with Crippen molar-refractivity contribution in [1.82, 2.24) is 10.2 Å². The second kappa shape index (κ2) is 10.9. The molecule has 0 atom stereocenters. The molecule has 1 fully saturated rings. The number of amides is 1. The molecule has 0 bridgehead atoms. The predicted molar refractivity (Wildman–Crippen MR) is 123 cm³/mol. The minimum absolute atomic E-state index is 0. The topological polar surface area (TPSA) is 47.9 Å². The molecule has 0 saturated carbocycles. The van der Waals surface area contributed by atoms with E-state index in [2.05, 4.69) is 36.2 Å². The van der Waals surface area contributed by atoms with E-state index in [1.165, 1.54) is 18.4 Å². The van der Waals surface area contributed by atoms with Gasteiger partial charge in [0.15, 0.2) is 5.96 Å². The third-order valence-corrected chi connectivity index (χ3v) is 5.42. The Morgan fingerprint density at radius 3 is 2.70 bits per heavy atom. The van der Waals surface area contributed by atoms with Crippen LogP contribution in [0.25, 0.3) is 0 Å². The summed E-state index contributed by atoms with van der Waals surface area (Å²) in [6.45, 7) is 8.99. The van der Waals surface area contributed by atoms with E-state index in [1.54, 1.807) is 0 Å². The van der Waals surface area contributed by atoms with Gasteiger partial charge in [-0.3, -0.25) is 9.79 Å². The van der Waals surface area contributed by atoms with Gasteiger partial charge in [-0.25, -0.2) is 0 Å². The number of piperidine rings is 1. The molecule has 1 aromatic rings. The smallest absolute Gasteiger partial charge is 0.227 e. The summed E-state index contributed by atoms with van der Waals surface area (Å²) in [5.41, 5.74) is 2.38. The number of carbonyl (C=O) groups is 1. The molecule has 27 heavy (non-hydrogen) atoms. The van der Waals surface area contributed by atoms with Crippen LogP contribution in [0.2, 0.25) is 0 Å². The number of nitrogens with zero attached hydrogens (tertiary/aromatic N) is 3. The quantitative estimate of drug-likeness (QED) is 0.300. The first-order valence-corrected chi connectivity index (χ1v) is 10.1. The zero-order valence-corrected chi connectivity index (χ0v) is 18.9. The van der Waals surface area contributed by atoms with Crippen molar-refractivity contribution in [2.75, 3.05) is 37.6 Å². The Bertz CT molecular complexity index is 641. The van der Waals surface area contributed by atoms with Crippen LogP contribution in [0.4, 0.5) is 5.69 Å². The van der Waals surface area contributed by atoms with Gasteiger partial charge in [-0.1, -0.05) is 25.1 Å². The van der Waals surface area contributed by atoms with E-state index in [1.807, 2.05) is 17.0 Å². The molecule has 3 rings (SSSR count). The van der Waals surface area contributed by atoms with Crippen molar-refractivity contribution in [3.8, 4) is 0 Å². The maximum Gasteiger partial charge on any atom is 0.227 e. The highest BCUT2D eigenvalue weighted by Gasteiger charge is 2.23. The van der Waals surface area contributed by atoms with Gasteiger partial charge < -0.3 is 15.1 Å². The average molecular weight is 484 g/mol. The van der Waals surface area contributed by atoms with Crippen molar-refractivity contribution in [3.05, 3.63) is 29.8 Å². The third kappa shape index (κ3) is 5.83. The summed E-state index contributed by atoms with van der Waals surface area (Å²) in [4.78, 5) is 21.6. The number of likely N-dealkylation sites (tertiary alicyclic amines) is 1. The van der Waals surface area contributed by atoms with Gasteiger partial charge in [-0.05, 0) is 50.2 Å². The highest BCUT2D eigenvalue weighted by atomic mass is 127. The number of rotatable bonds is 5. The minimum atomic E-state index is 0. The fraction of sp³-hybridized carbons (Fsp3) is 0.619. The molecule has 150 valence electrons. The minimum Gasteiger partial charge on any atom is -0.357 e. The molecule has 2 heterocycles. The Hall–Kier alpha value is -1.31. The molecule has 2 aliphatic rings. The Morgan fingerprint density at radius 2 is 1.96 bits per heavy atom. The number of benzene rings is 1. The molecule has 1 amide bonds. The number of para-hydroxylation sites is 1. The van der Waals surface area contributed by atoms with Crippen LogP contribution in [0.5, 0.6) is 0 Å². The van der Waals surface area contributed by atoms with Crippen LogP contribution < -0.4 is 10.2 Å². The molecular formula is C21H33IN4O. The van der Waals surface area contributed by atoms with Crippen molar-refractivity contribution in [1.29, 1.82) is 0 Å². The maximum absolute atomic E-state index is 12.6. The SMILES string of the molecule is CCNC(=NCCCC(=O)N1CCc2ccccc21)N1CCC(C)CC1.I. The molecule has 0 unspecified atom stereocenters. The van der Waals surface area contributed by atoms with Crippen molar-refractivity contribution < 1.29 is 4.79 Å². The standard InChI is InChI=1S/C21H32N4O.HI/c1-3-22-21(24-14-10-17(2)11-15-24)23-13-6-9-20(26)25-16-12-18-7-4-5-8-19(18)25;/h4-5,7-8,17H,3,6,9-16H2,1-2H3,(H,22,23);1H. The third-order valence-electron chi connectivity index (χ3n) is 5.42. The van der Waals surface area contributed by atoms with Crippen LogP contribution in [-0.2, 0) is 11.2 Å². The molecule has 0 aromatic heterocycles. The number of nitrogens with one attached hydrogen (secondary N) is 1. The molecule has 5 nitrogen and oxygen atoms in total. The second-order valence-corrected chi connectivity index (χ2v) is 7.43. The van der Waals surface area contributed by atoms with Crippen molar-refractivity contribution in [2.24, 2.45) is 10.9 Å². The molecular weight excluding hydrogens is 451 g/mol. The largest absolute Gasteiger partial charge is 0.357 e. The van der Waals surface area contributed by atoms with E-state index in [0.29, 0.717) is 13.0 Å². The van der Waals surface area contributed by atoms with Gasteiger partial charge in [0, 0.05) is 44.8 Å². The molecule has 0 radical (unpaired) electrons. The lowest BCUT2D eigenvalue weighted by atomic mass is 10.00. The normalized spacial score (nSPS) is 17.5. The van der Waals surface area contributed by atoms with E-state index in [4.69, 9.17) is 4.99 Å². The fourth-order valence-electron chi connectivity index (χ4n) is 3.79. The Kier molecular flexibility index (Phi) is 8.86. The summed E-state index contributed by atoms with van der Waals surface area (Å²) < 4.78 is 0. The Balaban J connectivity index is 0.00000261. The lowest BCUT2D eigenvalue weighted by Gasteiger charge is -2.33. The number of halogens is 1. The maximum atomic E-state index is 12.6. The first kappa shape index (κ1) is 22.0. The summed E-state index contributed by atoms with van der Waals surface area (Å²) >= 11 is 0. The van der Waals surface area contributed by atoms with Crippen LogP contribution in [0.1, 0.15) is 45.1 Å². The number of aliphatic imine (C=N–C) groups is 1. The number of guanidine groups is 1. The highest BCUT2D eigenvalue weighted by molar-refractivity contribution is 14.0. The molecule has 6 heteroatoms. The number of hydrogen-bond donors (Lipinski definition) is 1. The zero-order chi connectivity index (χ0) is 18.4. The fourth-order valence-corrected chi connectivity index (χ4v) is 3.79. The van der Waals surface area contributed by atoms with Crippen molar-refractivity contribution in [3.63, 3.8) is 0 Å². The van der Waals surface area contributed by atoms with Crippen molar-refractivity contribution in [2.45, 2.75) is 46.0 Å². The number of carbonyl (C=O) groups excluding carboxylic acids is 1. The van der Waals surface area contributed by atoms with Gasteiger partial charge in [-0.15, -0.1) is 24.0 Å². The van der Waals surface area contributed by atoms with E-state index in [0.717, 1.165) is 56.6 Å². The predicted octanol–water partition coefficient (Wildman–Crippen LogP) is 3.67. The van der Waals surface area contributed by atoms with E-state index in [-0.39, 0.29) is 29.9 Å². The number of anilines is 1. The summed E-state index contributed by atoms with van der Waals surface area (Å²) in [6.07, 6.45) is 4.80. The van der Waals surface area contributed by atoms with Gasteiger partial charge in [-0.2, -0.15) is 0 Å². The molecule has 1 N–H and O–H groups in total. The summed E-state index contributed by atoms with van der Waals surface area (Å²) in [7, 11) is 0. The van der Waals surface area contributed by atoms with E-state index >= 15 is 0 Å². The van der Waals surface area contributed by atoms with Gasteiger partial charge in [0.05, 0.1) is 0 Å². The number of fused-ring (bicyclic) bond motifs is 1. The highest BCUT2D eigenvalue weighted by Crippen LogP contribution is 2.28. The van der Waals surface area contributed by atoms with Crippen LogP contribution >= 0.6 is 24.0 Å². The Morgan fingerprint density at radius 1 is 1.22 bits per heavy atom. The molecule has 1 aromatic carbocycles. The first-order chi connectivity index (χ1) is 12.7. The van der Waals surface area contributed by atoms with Gasteiger partial charge in [0.2, 0.25) is 5.91 Å². The van der Waals surface area contributed by atoms with Gasteiger partial charge >= 0.3 is 0 Å². The van der Waals surface area contributed by atoms with Gasteiger partial charge in [0.25, 0.3) is 0 Å². The molecule has 2 aliphatic heterocycles. The zero-order valence-electron chi connectivity index (χ0n) is 16.6. The lowest BCUT2D eigenvalue weighted by Crippen LogP contribution is -2.45. The first-order valence-electron chi connectivity index (χ1n) is 10.1. The molecule has 0 spiro atoms. The Labute approximate surface area is 180 Å². The van der Waals surface area contributed by atoms with Crippen LogP contribution in [-0.4, -0.2) is 49.5 Å². The van der Waals surface area contributed by atoms with Crippen molar-refractivity contribution >= 4 is 41.5 Å². The van der Waals surface area contributed by atoms with E-state index < -0.39 is 0 Å². The van der Waals surface area contributed by atoms with Crippen LogP contribution in [0.3, 0.4) is 0 Å². The summed E-state index contributed by atoms with van der Waals surface area (Å²) in [5.74, 6) is 2.05. The van der Waals surface area contributed by atoms with E-state index in [9.17, 15) is 4.79 Å². The summed E-state index contributed by atoms with van der Waals surface area (Å²) in [5, 5.41) is 3.40. The average Bonchev–Trinajstić information content (AvgIpc) is 3.09. The van der Waals surface area contributed by atoms with Crippen LogP contribution in [0, 0.1) is 5.92 Å². The molecule has 1 saturated heterocycles. The second-order valence-electron chi connectivity index (χ2n) is 7.43. The molecule has 0 aliphatic carbocycles.